The lowest BCUT2D eigenvalue weighted by Gasteiger charge is -2.27. The third kappa shape index (κ3) is 4.70. The molecule has 32 heavy (non-hydrogen) atoms. The summed E-state index contributed by atoms with van der Waals surface area (Å²) in [5.41, 5.74) is 2.51. The average molecular weight is 437 g/mol. The van der Waals surface area contributed by atoms with E-state index in [1.54, 1.807) is 36.3 Å². The summed E-state index contributed by atoms with van der Waals surface area (Å²) in [5, 5.41) is 11.1. The molecule has 1 N–H and O–H groups in total. The molecule has 1 atom stereocenters. The van der Waals surface area contributed by atoms with Gasteiger partial charge in [0.05, 0.1) is 18.7 Å². The van der Waals surface area contributed by atoms with E-state index in [1.165, 1.54) is 0 Å². The van der Waals surface area contributed by atoms with E-state index < -0.39 is 17.7 Å². The summed E-state index contributed by atoms with van der Waals surface area (Å²) in [6, 6.07) is 14.1. The van der Waals surface area contributed by atoms with Gasteiger partial charge in [-0.15, -0.1) is 0 Å². The highest BCUT2D eigenvalue weighted by Crippen LogP contribution is 2.40. The molecular weight excluding hydrogens is 404 g/mol. The minimum atomic E-state index is -0.665. The summed E-state index contributed by atoms with van der Waals surface area (Å²) in [4.78, 5) is 29.5. The zero-order chi connectivity index (χ0) is 23.6. The van der Waals surface area contributed by atoms with Crippen LogP contribution in [-0.2, 0) is 15.0 Å². The molecule has 1 unspecified atom stereocenters. The normalized spacial score (nSPS) is 18.5. The van der Waals surface area contributed by atoms with Crippen LogP contribution in [0, 0.1) is 0 Å². The van der Waals surface area contributed by atoms with Crippen molar-refractivity contribution in [3.05, 3.63) is 70.8 Å². The van der Waals surface area contributed by atoms with Crippen molar-refractivity contribution in [2.75, 3.05) is 34.3 Å². The molecule has 0 saturated carbocycles. The average Bonchev–Trinajstić information content (AvgIpc) is 3.01. The number of rotatable bonds is 6. The number of ether oxygens (including phenoxy) is 1. The molecule has 170 valence electrons. The maximum absolute atomic E-state index is 13.1. The van der Waals surface area contributed by atoms with E-state index in [4.69, 9.17) is 4.74 Å². The van der Waals surface area contributed by atoms with Gasteiger partial charge in [0.2, 0.25) is 0 Å². The fraction of sp³-hybridized carbons (Fsp3) is 0.385. The van der Waals surface area contributed by atoms with E-state index in [2.05, 4.69) is 20.8 Å². The van der Waals surface area contributed by atoms with E-state index in [1.807, 2.05) is 43.3 Å². The second-order valence-corrected chi connectivity index (χ2v) is 9.40. The molecule has 1 heterocycles. The predicted molar refractivity (Wildman–Crippen MR) is 126 cm³/mol. The lowest BCUT2D eigenvalue weighted by molar-refractivity contribution is -0.140. The first kappa shape index (κ1) is 23.5. The van der Waals surface area contributed by atoms with Gasteiger partial charge in [-0.05, 0) is 54.9 Å². The highest BCUT2D eigenvalue weighted by atomic mass is 16.5. The van der Waals surface area contributed by atoms with Crippen LogP contribution in [0.3, 0.4) is 0 Å². The molecule has 0 aromatic heterocycles. The standard InChI is InChI=1S/C26H32N2O4/c1-26(2,3)19-11-7-17(8-12-19)22-21(23(29)18-9-13-20(32-6)14-10-18)24(30)25(31)28(22)16-15-27(4)5/h7-14,22,29H,15-16H2,1-6H3/b23-21-. The SMILES string of the molecule is COc1ccc(/C(O)=C2/C(=O)C(=O)N(CCN(C)C)C2c2ccc(C(C)(C)C)cc2)cc1. The number of ketones is 1. The number of carbonyl (C=O) groups excluding carboxylic acids is 2. The van der Waals surface area contributed by atoms with E-state index in [0.717, 1.165) is 11.1 Å². The molecule has 3 rings (SSSR count). The van der Waals surface area contributed by atoms with Gasteiger partial charge in [0.1, 0.15) is 11.5 Å². The lowest BCUT2D eigenvalue weighted by Crippen LogP contribution is -2.35. The van der Waals surface area contributed by atoms with Crippen LogP contribution >= 0.6 is 0 Å². The Morgan fingerprint density at radius 3 is 2.12 bits per heavy atom. The summed E-state index contributed by atoms with van der Waals surface area (Å²) in [6.07, 6.45) is 0. The minimum Gasteiger partial charge on any atom is -0.507 e. The van der Waals surface area contributed by atoms with Crippen LogP contribution in [0.15, 0.2) is 54.1 Å². The van der Waals surface area contributed by atoms with Crippen molar-refractivity contribution >= 4 is 17.4 Å². The molecule has 1 saturated heterocycles. The van der Waals surface area contributed by atoms with Crippen molar-refractivity contribution < 1.29 is 19.4 Å². The van der Waals surface area contributed by atoms with E-state index in [9.17, 15) is 14.7 Å². The molecule has 0 aliphatic carbocycles. The van der Waals surface area contributed by atoms with E-state index in [0.29, 0.717) is 24.4 Å². The maximum atomic E-state index is 13.1. The molecule has 1 amide bonds. The van der Waals surface area contributed by atoms with Crippen LogP contribution in [0.1, 0.15) is 43.5 Å². The topological polar surface area (TPSA) is 70.1 Å². The Morgan fingerprint density at radius 2 is 1.62 bits per heavy atom. The number of Topliss-reactive ketones (excluding diaryl/α,β-unsaturated/α-hetero) is 1. The van der Waals surface area contributed by atoms with Crippen molar-refractivity contribution in [1.82, 2.24) is 9.80 Å². The Balaban J connectivity index is 2.12. The number of hydrogen-bond donors (Lipinski definition) is 1. The van der Waals surface area contributed by atoms with Gasteiger partial charge < -0.3 is 19.6 Å². The molecule has 1 fully saturated rings. The third-order valence-electron chi connectivity index (χ3n) is 5.78. The first-order valence-electron chi connectivity index (χ1n) is 10.7. The molecule has 6 heteroatoms. The first-order chi connectivity index (χ1) is 15.0. The van der Waals surface area contributed by atoms with Gasteiger partial charge >= 0.3 is 0 Å². The summed E-state index contributed by atoms with van der Waals surface area (Å²) < 4.78 is 5.18. The highest BCUT2D eigenvalue weighted by Gasteiger charge is 2.45. The maximum Gasteiger partial charge on any atom is 0.295 e. The zero-order valence-corrected chi connectivity index (χ0v) is 19.7. The summed E-state index contributed by atoms with van der Waals surface area (Å²) in [5.74, 6) is -0.792. The van der Waals surface area contributed by atoms with Crippen molar-refractivity contribution in [3.63, 3.8) is 0 Å². The Kier molecular flexibility index (Phi) is 6.74. The lowest BCUT2D eigenvalue weighted by atomic mass is 9.85. The third-order valence-corrected chi connectivity index (χ3v) is 5.78. The Morgan fingerprint density at radius 1 is 1.03 bits per heavy atom. The smallest absolute Gasteiger partial charge is 0.295 e. The molecule has 1 aliphatic heterocycles. The second kappa shape index (κ2) is 9.17. The van der Waals surface area contributed by atoms with Gasteiger partial charge in [0.15, 0.2) is 0 Å². The Labute approximate surface area is 190 Å². The number of amides is 1. The predicted octanol–water partition coefficient (Wildman–Crippen LogP) is 3.98. The molecule has 0 radical (unpaired) electrons. The van der Waals surface area contributed by atoms with Gasteiger partial charge in [-0.25, -0.2) is 0 Å². The fourth-order valence-corrected chi connectivity index (χ4v) is 3.83. The van der Waals surface area contributed by atoms with Crippen LogP contribution in [0.5, 0.6) is 5.75 Å². The fourth-order valence-electron chi connectivity index (χ4n) is 3.83. The largest absolute Gasteiger partial charge is 0.507 e. The summed E-state index contributed by atoms with van der Waals surface area (Å²) >= 11 is 0. The van der Waals surface area contributed by atoms with Gasteiger partial charge in [0.25, 0.3) is 11.7 Å². The number of aliphatic hydroxyl groups is 1. The van der Waals surface area contributed by atoms with E-state index >= 15 is 0 Å². The molecule has 0 spiro atoms. The molecule has 2 aromatic rings. The first-order valence-corrected chi connectivity index (χ1v) is 10.7. The number of benzene rings is 2. The van der Waals surface area contributed by atoms with Gasteiger partial charge in [-0.1, -0.05) is 45.0 Å². The van der Waals surface area contributed by atoms with Crippen molar-refractivity contribution in [3.8, 4) is 5.75 Å². The molecular formula is C26H32N2O4. The zero-order valence-electron chi connectivity index (χ0n) is 19.7. The molecule has 1 aliphatic rings. The van der Waals surface area contributed by atoms with E-state index in [-0.39, 0.29) is 16.7 Å². The monoisotopic (exact) mass is 436 g/mol. The number of likely N-dealkylation sites (tertiary alicyclic amines) is 1. The van der Waals surface area contributed by atoms with Gasteiger partial charge in [0, 0.05) is 18.7 Å². The number of aliphatic hydroxyl groups excluding tert-OH is 1. The number of hydrogen-bond acceptors (Lipinski definition) is 5. The summed E-state index contributed by atoms with van der Waals surface area (Å²) in [6.45, 7) is 7.38. The van der Waals surface area contributed by atoms with Crippen LogP contribution in [0.25, 0.3) is 5.76 Å². The number of carbonyl (C=O) groups is 2. The van der Waals surface area contributed by atoms with Crippen LogP contribution in [0.4, 0.5) is 0 Å². The van der Waals surface area contributed by atoms with Crippen LogP contribution < -0.4 is 4.74 Å². The number of nitrogens with zero attached hydrogens (tertiary/aromatic N) is 2. The van der Waals surface area contributed by atoms with Crippen molar-refractivity contribution in [2.45, 2.75) is 32.2 Å². The van der Waals surface area contributed by atoms with Gasteiger partial charge in [-0.3, -0.25) is 9.59 Å². The number of methoxy groups -OCH3 is 1. The minimum absolute atomic E-state index is 0.0195. The highest BCUT2D eigenvalue weighted by molar-refractivity contribution is 6.46. The van der Waals surface area contributed by atoms with Crippen LogP contribution in [0.2, 0.25) is 0 Å². The second-order valence-electron chi connectivity index (χ2n) is 9.40. The quantitative estimate of drug-likeness (QED) is 0.421. The molecule has 0 bridgehead atoms. The van der Waals surface area contributed by atoms with Crippen LogP contribution in [-0.4, -0.2) is 60.9 Å². The van der Waals surface area contributed by atoms with Crippen molar-refractivity contribution in [1.29, 1.82) is 0 Å². The molecule has 2 aromatic carbocycles. The Hall–Kier alpha value is -3.12. The summed E-state index contributed by atoms with van der Waals surface area (Å²) in [7, 11) is 5.40. The Bertz CT molecular complexity index is 1020. The van der Waals surface area contributed by atoms with Gasteiger partial charge in [-0.2, -0.15) is 0 Å². The number of likely N-dealkylation sites (N-methyl/N-ethyl adjacent to an activating group) is 1. The van der Waals surface area contributed by atoms with Crippen molar-refractivity contribution in [2.24, 2.45) is 0 Å². The molecule has 6 nitrogen and oxygen atoms in total.